The van der Waals surface area contributed by atoms with Gasteiger partial charge in [0.05, 0.1) is 5.52 Å². The number of pyridine rings is 1. The Morgan fingerprint density at radius 1 is 0.950 bits per heavy atom. The smallest absolute Gasteiger partial charge is 0.140 e. The molecule has 0 saturated carbocycles. The van der Waals surface area contributed by atoms with E-state index in [1.807, 2.05) is 54.6 Å². The molecule has 0 aliphatic heterocycles. The van der Waals surface area contributed by atoms with Gasteiger partial charge in [-0.2, -0.15) is 0 Å². The van der Waals surface area contributed by atoms with Gasteiger partial charge in [-0.3, -0.25) is 0 Å². The van der Waals surface area contributed by atoms with Gasteiger partial charge < -0.3 is 10.2 Å². The molecular formula is C16H15N3O. The van der Waals surface area contributed by atoms with Crippen molar-refractivity contribution in [3.8, 4) is 11.5 Å². The Morgan fingerprint density at radius 2 is 1.70 bits per heavy atom. The largest absolute Gasteiger partial charge is 0.457 e. The summed E-state index contributed by atoms with van der Waals surface area (Å²) in [5.74, 6) is 7.60. The molecule has 0 fully saturated rings. The Balaban J connectivity index is 1.90. The first kappa shape index (κ1) is 12.4. The number of rotatable bonds is 3. The molecule has 4 nitrogen and oxygen atoms in total. The van der Waals surface area contributed by atoms with Gasteiger partial charge in [0.15, 0.2) is 0 Å². The minimum Gasteiger partial charge on any atom is -0.457 e. The summed E-state index contributed by atoms with van der Waals surface area (Å²) in [5, 5.41) is 1.01. The summed E-state index contributed by atoms with van der Waals surface area (Å²) in [6.07, 6.45) is 0. The zero-order valence-corrected chi connectivity index (χ0v) is 11.1. The normalized spacial score (nSPS) is 10.5. The predicted molar refractivity (Wildman–Crippen MR) is 80.8 cm³/mol. The lowest BCUT2D eigenvalue weighted by molar-refractivity contribution is 0.483. The predicted octanol–water partition coefficient (Wildman–Crippen LogP) is 3.62. The highest BCUT2D eigenvalue weighted by Gasteiger charge is 2.01. The molecule has 3 aromatic rings. The van der Waals surface area contributed by atoms with Crippen molar-refractivity contribution in [3.05, 3.63) is 60.2 Å². The molecule has 3 N–H and O–H groups in total. The molecule has 0 atom stereocenters. The van der Waals surface area contributed by atoms with Gasteiger partial charge in [0.1, 0.15) is 17.3 Å². The maximum Gasteiger partial charge on any atom is 0.140 e. The van der Waals surface area contributed by atoms with Gasteiger partial charge in [-0.15, -0.1) is 0 Å². The first-order chi connectivity index (χ1) is 9.74. The third-order valence-electron chi connectivity index (χ3n) is 3.07. The van der Waals surface area contributed by atoms with Gasteiger partial charge in [0.2, 0.25) is 0 Å². The van der Waals surface area contributed by atoms with Crippen LogP contribution in [0.3, 0.4) is 0 Å². The Bertz CT molecular complexity index is 738. The van der Waals surface area contributed by atoms with Crippen molar-refractivity contribution >= 4 is 16.7 Å². The molecular weight excluding hydrogens is 250 g/mol. The first-order valence-corrected chi connectivity index (χ1v) is 6.36. The number of fused-ring (bicyclic) bond motifs is 1. The molecule has 0 spiro atoms. The van der Waals surface area contributed by atoms with Crippen LogP contribution in [0.4, 0.5) is 5.82 Å². The number of aromatic nitrogens is 1. The van der Waals surface area contributed by atoms with Gasteiger partial charge in [-0.05, 0) is 49.4 Å². The molecule has 0 aliphatic rings. The van der Waals surface area contributed by atoms with E-state index < -0.39 is 0 Å². The Kier molecular flexibility index (Phi) is 3.23. The van der Waals surface area contributed by atoms with E-state index in [1.54, 1.807) is 0 Å². The second-order valence-electron chi connectivity index (χ2n) is 4.61. The second-order valence-corrected chi connectivity index (χ2v) is 4.61. The van der Waals surface area contributed by atoms with Gasteiger partial charge in [-0.1, -0.05) is 17.7 Å². The number of aryl methyl sites for hydroxylation is 1. The molecule has 1 aromatic heterocycles. The van der Waals surface area contributed by atoms with Crippen LogP contribution in [0.25, 0.3) is 10.9 Å². The van der Waals surface area contributed by atoms with E-state index in [9.17, 15) is 0 Å². The number of nitrogen functional groups attached to an aromatic ring is 1. The molecule has 3 rings (SSSR count). The average molecular weight is 265 g/mol. The third kappa shape index (κ3) is 2.55. The number of hydrogen-bond acceptors (Lipinski definition) is 4. The molecule has 20 heavy (non-hydrogen) atoms. The maximum atomic E-state index is 5.83. The summed E-state index contributed by atoms with van der Waals surface area (Å²) in [7, 11) is 0. The van der Waals surface area contributed by atoms with Crippen LogP contribution in [-0.4, -0.2) is 4.98 Å². The molecule has 4 heteroatoms. The van der Waals surface area contributed by atoms with Crippen LogP contribution in [0.15, 0.2) is 54.6 Å². The van der Waals surface area contributed by atoms with E-state index in [2.05, 4.69) is 17.3 Å². The van der Waals surface area contributed by atoms with E-state index in [1.165, 1.54) is 5.56 Å². The monoisotopic (exact) mass is 265 g/mol. The summed E-state index contributed by atoms with van der Waals surface area (Å²) < 4.78 is 5.83. The average Bonchev–Trinajstić information content (AvgIpc) is 2.49. The maximum absolute atomic E-state index is 5.83. The van der Waals surface area contributed by atoms with Crippen LogP contribution in [0, 0.1) is 6.92 Å². The molecule has 0 amide bonds. The van der Waals surface area contributed by atoms with Gasteiger partial charge in [0, 0.05) is 5.39 Å². The fourth-order valence-electron chi connectivity index (χ4n) is 1.99. The number of nitrogens with one attached hydrogen (secondary N) is 1. The number of benzene rings is 2. The van der Waals surface area contributed by atoms with Crippen molar-refractivity contribution in [1.82, 2.24) is 4.98 Å². The summed E-state index contributed by atoms with van der Waals surface area (Å²) >= 11 is 0. The molecule has 0 unspecified atom stereocenters. The number of hydrogen-bond donors (Lipinski definition) is 2. The lowest BCUT2D eigenvalue weighted by Gasteiger charge is -2.07. The summed E-state index contributed by atoms with van der Waals surface area (Å²) in [4.78, 5) is 4.36. The molecule has 0 saturated heterocycles. The van der Waals surface area contributed by atoms with Crippen LogP contribution in [0.2, 0.25) is 0 Å². The quantitative estimate of drug-likeness (QED) is 0.561. The number of nitrogens with two attached hydrogens (primary N) is 1. The standard InChI is InChI=1S/C16H15N3O/c1-11-2-5-13(6-3-11)20-14-7-8-15-12(10-14)4-9-16(18-15)19-17/h2-10H,17H2,1H3,(H,18,19). The Labute approximate surface area is 117 Å². The molecule has 0 radical (unpaired) electrons. The van der Waals surface area contributed by atoms with Gasteiger partial charge in [0.25, 0.3) is 0 Å². The molecule has 2 aromatic carbocycles. The Hall–Kier alpha value is -2.59. The third-order valence-corrected chi connectivity index (χ3v) is 3.07. The minimum absolute atomic E-state index is 0.643. The first-order valence-electron chi connectivity index (χ1n) is 6.36. The van der Waals surface area contributed by atoms with Crippen LogP contribution >= 0.6 is 0 Å². The lowest BCUT2D eigenvalue weighted by atomic mass is 10.2. The Morgan fingerprint density at radius 3 is 2.45 bits per heavy atom. The topological polar surface area (TPSA) is 60.2 Å². The lowest BCUT2D eigenvalue weighted by Crippen LogP contribution is -2.08. The molecule has 1 heterocycles. The molecule has 0 bridgehead atoms. The fraction of sp³-hybridized carbons (Fsp3) is 0.0625. The van der Waals surface area contributed by atoms with Gasteiger partial charge in [-0.25, -0.2) is 10.8 Å². The van der Waals surface area contributed by atoms with Crippen molar-refractivity contribution in [2.75, 3.05) is 5.43 Å². The van der Waals surface area contributed by atoms with Crippen LogP contribution in [-0.2, 0) is 0 Å². The number of ether oxygens (including phenoxy) is 1. The van der Waals surface area contributed by atoms with E-state index in [0.717, 1.165) is 22.4 Å². The summed E-state index contributed by atoms with van der Waals surface area (Å²) in [5.41, 5.74) is 4.62. The van der Waals surface area contributed by atoms with Crippen LogP contribution in [0.5, 0.6) is 11.5 Å². The fourth-order valence-corrected chi connectivity index (χ4v) is 1.99. The van der Waals surface area contributed by atoms with Crippen molar-refractivity contribution < 1.29 is 4.74 Å². The number of nitrogens with zero attached hydrogens (tertiary/aromatic N) is 1. The van der Waals surface area contributed by atoms with E-state index in [-0.39, 0.29) is 0 Å². The summed E-state index contributed by atoms with van der Waals surface area (Å²) in [6, 6.07) is 17.5. The molecule has 0 aliphatic carbocycles. The van der Waals surface area contributed by atoms with E-state index in [0.29, 0.717) is 5.82 Å². The van der Waals surface area contributed by atoms with E-state index in [4.69, 9.17) is 10.6 Å². The van der Waals surface area contributed by atoms with Crippen LogP contribution in [0.1, 0.15) is 5.56 Å². The van der Waals surface area contributed by atoms with E-state index >= 15 is 0 Å². The highest BCUT2D eigenvalue weighted by molar-refractivity contribution is 5.81. The number of hydrazine groups is 1. The van der Waals surface area contributed by atoms with Crippen molar-refractivity contribution in [1.29, 1.82) is 0 Å². The second kappa shape index (κ2) is 5.19. The minimum atomic E-state index is 0.643. The van der Waals surface area contributed by atoms with Gasteiger partial charge >= 0.3 is 0 Å². The van der Waals surface area contributed by atoms with Crippen molar-refractivity contribution in [2.24, 2.45) is 5.84 Å². The zero-order valence-electron chi connectivity index (χ0n) is 11.1. The number of anilines is 1. The van der Waals surface area contributed by atoms with Crippen LogP contribution < -0.4 is 16.0 Å². The highest BCUT2D eigenvalue weighted by Crippen LogP contribution is 2.25. The summed E-state index contributed by atoms with van der Waals surface area (Å²) in [6.45, 7) is 2.05. The highest BCUT2D eigenvalue weighted by atomic mass is 16.5. The molecule has 100 valence electrons. The van der Waals surface area contributed by atoms with Crippen molar-refractivity contribution in [3.63, 3.8) is 0 Å². The van der Waals surface area contributed by atoms with Crippen molar-refractivity contribution in [2.45, 2.75) is 6.92 Å². The SMILES string of the molecule is Cc1ccc(Oc2ccc3nc(NN)ccc3c2)cc1. The zero-order chi connectivity index (χ0) is 13.9.